The van der Waals surface area contributed by atoms with Gasteiger partial charge in [-0.1, -0.05) is 19.9 Å². The fourth-order valence-corrected chi connectivity index (χ4v) is 1.70. The molecule has 0 heterocycles. The number of hydrogen-bond donors (Lipinski definition) is 1. The fourth-order valence-electron chi connectivity index (χ4n) is 1.70. The third-order valence-corrected chi connectivity index (χ3v) is 2.76. The zero-order valence-corrected chi connectivity index (χ0v) is 12.9. The van der Waals surface area contributed by atoms with Crippen LogP contribution in [-0.4, -0.2) is 25.4 Å². The van der Waals surface area contributed by atoms with Gasteiger partial charge in [0.2, 0.25) is 0 Å². The Morgan fingerprint density at radius 1 is 1.15 bits per heavy atom. The Morgan fingerprint density at radius 2 is 1.90 bits per heavy atom. The maximum absolute atomic E-state index is 13.7. The molecule has 20 heavy (non-hydrogen) atoms. The van der Waals surface area contributed by atoms with Crippen molar-refractivity contribution in [1.29, 1.82) is 0 Å². The molecule has 0 unspecified atom stereocenters. The Hall–Kier alpha value is -0.970. The van der Waals surface area contributed by atoms with Crippen LogP contribution in [-0.2, 0) is 22.6 Å². The van der Waals surface area contributed by atoms with Gasteiger partial charge in [0.05, 0.1) is 25.9 Å². The largest absolute Gasteiger partial charge is 0.376 e. The Balaban J connectivity index is 2.41. The molecule has 0 radical (unpaired) electrons. The van der Waals surface area contributed by atoms with E-state index in [1.54, 1.807) is 6.07 Å². The summed E-state index contributed by atoms with van der Waals surface area (Å²) in [5.74, 6) is -0.219. The van der Waals surface area contributed by atoms with Gasteiger partial charge in [-0.25, -0.2) is 4.39 Å². The molecule has 0 fully saturated rings. The molecule has 1 aromatic carbocycles. The zero-order valence-electron chi connectivity index (χ0n) is 12.9. The molecule has 0 spiro atoms. The van der Waals surface area contributed by atoms with E-state index < -0.39 is 0 Å². The van der Waals surface area contributed by atoms with Crippen molar-refractivity contribution >= 4 is 0 Å². The summed E-state index contributed by atoms with van der Waals surface area (Å²) < 4.78 is 24.5. The Bertz CT molecular complexity index is 394. The lowest BCUT2D eigenvalue weighted by atomic mass is 10.1. The van der Waals surface area contributed by atoms with E-state index >= 15 is 0 Å². The van der Waals surface area contributed by atoms with E-state index in [0.29, 0.717) is 24.8 Å². The second-order valence-corrected chi connectivity index (χ2v) is 5.43. The predicted octanol–water partition coefficient (Wildman–Crippen LogP) is 3.27. The van der Waals surface area contributed by atoms with E-state index in [2.05, 4.69) is 19.2 Å². The number of hydrogen-bond acceptors (Lipinski definition) is 3. The first-order chi connectivity index (χ1) is 9.49. The van der Waals surface area contributed by atoms with Crippen LogP contribution >= 0.6 is 0 Å². The Morgan fingerprint density at radius 3 is 2.55 bits per heavy atom. The normalized spacial score (nSPS) is 11.6. The molecule has 3 nitrogen and oxygen atoms in total. The van der Waals surface area contributed by atoms with E-state index in [4.69, 9.17) is 9.47 Å². The van der Waals surface area contributed by atoms with Crippen LogP contribution in [0, 0.1) is 5.82 Å². The lowest BCUT2D eigenvalue weighted by molar-refractivity contribution is 0.0136. The number of ether oxygens (including phenoxy) is 2. The number of benzene rings is 1. The predicted molar refractivity (Wildman–Crippen MR) is 79.1 cm³/mol. The summed E-state index contributed by atoms with van der Waals surface area (Å²) in [5, 5.41) is 3.31. The summed E-state index contributed by atoms with van der Waals surface area (Å²) in [6.45, 7) is 10.2. The molecule has 0 bridgehead atoms. The first-order valence-corrected chi connectivity index (χ1v) is 7.19. The number of nitrogens with one attached hydrogen (secondary N) is 1. The van der Waals surface area contributed by atoms with Gasteiger partial charge in [-0.15, -0.1) is 0 Å². The average Bonchev–Trinajstić information content (AvgIpc) is 2.38. The molecule has 0 amide bonds. The Labute approximate surface area is 121 Å². The number of rotatable bonds is 9. The van der Waals surface area contributed by atoms with Crippen LogP contribution < -0.4 is 5.32 Å². The Kier molecular flexibility index (Phi) is 7.73. The summed E-state index contributed by atoms with van der Waals surface area (Å²) in [6, 6.07) is 5.57. The minimum absolute atomic E-state index is 0.195. The van der Waals surface area contributed by atoms with Crippen molar-refractivity contribution < 1.29 is 13.9 Å². The molecular formula is C16H26FNO2. The third kappa shape index (κ3) is 6.98. The molecule has 1 aromatic rings. The standard InChI is InChI=1S/C16H26FNO2/c1-12(2)18-10-14-5-6-16(17)15(9-14)11-19-7-8-20-13(3)4/h5-6,9,12-13,18H,7-8,10-11H2,1-4H3. The molecule has 1 rings (SSSR count). The summed E-state index contributed by atoms with van der Waals surface area (Å²) in [7, 11) is 0. The van der Waals surface area contributed by atoms with Gasteiger partial charge < -0.3 is 14.8 Å². The second-order valence-electron chi connectivity index (χ2n) is 5.43. The van der Waals surface area contributed by atoms with Crippen LogP contribution in [0.5, 0.6) is 0 Å². The van der Waals surface area contributed by atoms with Crippen LogP contribution in [0.3, 0.4) is 0 Å². The highest BCUT2D eigenvalue weighted by Crippen LogP contribution is 2.12. The summed E-state index contributed by atoms with van der Waals surface area (Å²) in [6.07, 6.45) is 0.195. The summed E-state index contributed by atoms with van der Waals surface area (Å²) in [4.78, 5) is 0. The van der Waals surface area contributed by atoms with Gasteiger partial charge in [0.25, 0.3) is 0 Å². The monoisotopic (exact) mass is 283 g/mol. The minimum atomic E-state index is -0.219. The van der Waals surface area contributed by atoms with E-state index in [0.717, 1.165) is 12.1 Å². The lowest BCUT2D eigenvalue weighted by Crippen LogP contribution is -2.21. The third-order valence-electron chi connectivity index (χ3n) is 2.76. The van der Waals surface area contributed by atoms with Crippen molar-refractivity contribution in [2.75, 3.05) is 13.2 Å². The van der Waals surface area contributed by atoms with Crippen molar-refractivity contribution in [2.45, 2.75) is 53.0 Å². The molecule has 0 aliphatic heterocycles. The molecule has 1 N–H and O–H groups in total. The first kappa shape index (κ1) is 17.1. The van der Waals surface area contributed by atoms with Crippen molar-refractivity contribution in [3.63, 3.8) is 0 Å². The average molecular weight is 283 g/mol. The zero-order chi connectivity index (χ0) is 15.0. The molecule has 0 aromatic heterocycles. The van der Waals surface area contributed by atoms with Crippen LogP contribution in [0.1, 0.15) is 38.8 Å². The first-order valence-electron chi connectivity index (χ1n) is 7.19. The smallest absolute Gasteiger partial charge is 0.128 e. The van der Waals surface area contributed by atoms with Gasteiger partial charge in [-0.05, 0) is 31.5 Å². The van der Waals surface area contributed by atoms with E-state index in [1.807, 2.05) is 19.9 Å². The second kappa shape index (κ2) is 9.06. The van der Waals surface area contributed by atoms with Crippen LogP contribution in [0.15, 0.2) is 18.2 Å². The number of halogens is 1. The lowest BCUT2D eigenvalue weighted by Gasteiger charge is -2.11. The summed E-state index contributed by atoms with van der Waals surface area (Å²) in [5.41, 5.74) is 1.66. The molecule has 0 aliphatic rings. The van der Waals surface area contributed by atoms with Gasteiger partial charge in [-0.2, -0.15) is 0 Å². The van der Waals surface area contributed by atoms with Gasteiger partial charge >= 0.3 is 0 Å². The molecule has 0 atom stereocenters. The topological polar surface area (TPSA) is 30.5 Å². The van der Waals surface area contributed by atoms with Crippen molar-refractivity contribution in [2.24, 2.45) is 0 Å². The molecule has 114 valence electrons. The maximum Gasteiger partial charge on any atom is 0.128 e. The van der Waals surface area contributed by atoms with Crippen LogP contribution in [0.4, 0.5) is 4.39 Å². The fraction of sp³-hybridized carbons (Fsp3) is 0.625. The maximum atomic E-state index is 13.7. The van der Waals surface area contributed by atoms with Gasteiger partial charge in [-0.3, -0.25) is 0 Å². The SMILES string of the molecule is CC(C)NCc1ccc(F)c(COCCOC(C)C)c1. The molecule has 0 saturated carbocycles. The molecule has 0 aliphatic carbocycles. The highest BCUT2D eigenvalue weighted by molar-refractivity contribution is 5.24. The molecule has 0 saturated heterocycles. The van der Waals surface area contributed by atoms with Crippen molar-refractivity contribution in [3.8, 4) is 0 Å². The summed E-state index contributed by atoms with van der Waals surface area (Å²) >= 11 is 0. The van der Waals surface area contributed by atoms with Crippen molar-refractivity contribution in [1.82, 2.24) is 5.32 Å². The van der Waals surface area contributed by atoms with E-state index in [1.165, 1.54) is 6.07 Å². The van der Waals surface area contributed by atoms with Crippen molar-refractivity contribution in [3.05, 3.63) is 35.1 Å². The molecule has 4 heteroatoms. The van der Waals surface area contributed by atoms with E-state index in [9.17, 15) is 4.39 Å². The van der Waals surface area contributed by atoms with Crippen LogP contribution in [0.2, 0.25) is 0 Å². The highest BCUT2D eigenvalue weighted by atomic mass is 19.1. The van der Waals surface area contributed by atoms with Gasteiger partial charge in [0.15, 0.2) is 0 Å². The quantitative estimate of drug-likeness (QED) is 0.706. The van der Waals surface area contributed by atoms with E-state index in [-0.39, 0.29) is 18.5 Å². The van der Waals surface area contributed by atoms with Gasteiger partial charge in [0.1, 0.15) is 5.82 Å². The van der Waals surface area contributed by atoms with Gasteiger partial charge in [0, 0.05) is 18.2 Å². The van der Waals surface area contributed by atoms with Crippen LogP contribution in [0.25, 0.3) is 0 Å². The minimum Gasteiger partial charge on any atom is -0.376 e. The highest BCUT2D eigenvalue weighted by Gasteiger charge is 2.05. The molecular weight excluding hydrogens is 257 g/mol.